The number of nitrogens with zero attached hydrogens (tertiary/aromatic N) is 3. The largest absolute Gasteiger partial charge is 0.346 e. The molecule has 4 aromatic rings. The van der Waals surface area contributed by atoms with Gasteiger partial charge >= 0.3 is 0 Å². The van der Waals surface area contributed by atoms with E-state index in [2.05, 4.69) is 10.4 Å². The van der Waals surface area contributed by atoms with Gasteiger partial charge in [0.1, 0.15) is 0 Å². The van der Waals surface area contributed by atoms with E-state index in [-0.39, 0.29) is 17.8 Å². The van der Waals surface area contributed by atoms with Crippen LogP contribution in [-0.4, -0.2) is 20.3 Å². The lowest BCUT2D eigenvalue weighted by Crippen LogP contribution is -2.31. The van der Waals surface area contributed by atoms with E-state index in [1.54, 1.807) is 28.4 Å². The zero-order chi connectivity index (χ0) is 22.5. The van der Waals surface area contributed by atoms with Crippen LogP contribution in [0.15, 0.2) is 94.6 Å². The Morgan fingerprint density at radius 3 is 2.31 bits per heavy atom. The van der Waals surface area contributed by atoms with E-state index >= 15 is 0 Å². The number of aryl methyl sites for hydroxylation is 1. The Hall–Kier alpha value is -4.26. The highest BCUT2D eigenvalue weighted by Crippen LogP contribution is 2.09. The Balaban J connectivity index is 1.45. The number of amides is 1. The number of hydrogen-bond donors (Lipinski definition) is 1. The van der Waals surface area contributed by atoms with Crippen LogP contribution in [0.3, 0.4) is 0 Å². The monoisotopic (exact) mass is 426 g/mol. The molecular weight excluding hydrogens is 404 g/mol. The number of para-hydroxylation sites is 1. The van der Waals surface area contributed by atoms with Gasteiger partial charge in [0.25, 0.3) is 11.5 Å². The normalized spacial score (nSPS) is 10.7. The van der Waals surface area contributed by atoms with E-state index in [4.69, 9.17) is 0 Å². The molecule has 0 spiro atoms. The summed E-state index contributed by atoms with van der Waals surface area (Å²) in [5.74, 6) is -0.528. The maximum absolute atomic E-state index is 12.7. The predicted octanol–water partition coefficient (Wildman–Crippen LogP) is 2.68. The van der Waals surface area contributed by atoms with E-state index in [1.165, 1.54) is 12.1 Å². The summed E-state index contributed by atoms with van der Waals surface area (Å²) in [6.45, 7) is 2.50. The zero-order valence-corrected chi connectivity index (χ0v) is 17.6. The van der Waals surface area contributed by atoms with Crippen molar-refractivity contribution in [1.29, 1.82) is 0 Å². The van der Waals surface area contributed by atoms with E-state index in [0.29, 0.717) is 12.2 Å². The molecule has 160 valence electrons. The molecule has 1 amide bonds. The molecule has 2 heterocycles. The van der Waals surface area contributed by atoms with Crippen molar-refractivity contribution in [3.63, 3.8) is 0 Å². The molecule has 0 bridgehead atoms. The fourth-order valence-corrected chi connectivity index (χ4v) is 3.35. The second kappa shape index (κ2) is 9.26. The van der Waals surface area contributed by atoms with Crippen LogP contribution in [0.25, 0.3) is 5.69 Å². The van der Waals surface area contributed by atoms with Gasteiger partial charge in [0.15, 0.2) is 5.69 Å². The molecule has 32 heavy (non-hydrogen) atoms. The number of benzene rings is 2. The van der Waals surface area contributed by atoms with Crippen LogP contribution in [0.5, 0.6) is 0 Å². The van der Waals surface area contributed by atoms with E-state index in [1.807, 2.05) is 60.7 Å². The summed E-state index contributed by atoms with van der Waals surface area (Å²) in [5, 5.41) is 7.05. The predicted molar refractivity (Wildman–Crippen MR) is 122 cm³/mol. The number of pyridine rings is 1. The number of nitrogens with one attached hydrogen (secondary N) is 1. The summed E-state index contributed by atoms with van der Waals surface area (Å²) in [5.41, 5.74) is 2.63. The van der Waals surface area contributed by atoms with Crippen LogP contribution >= 0.6 is 0 Å². The Morgan fingerprint density at radius 1 is 0.906 bits per heavy atom. The quantitative estimate of drug-likeness (QED) is 0.514. The lowest BCUT2D eigenvalue weighted by atomic mass is 10.1. The van der Waals surface area contributed by atoms with Crippen LogP contribution in [0, 0.1) is 6.92 Å². The first kappa shape index (κ1) is 21.0. The second-order valence-electron chi connectivity index (χ2n) is 7.41. The summed E-state index contributed by atoms with van der Waals surface area (Å²) >= 11 is 0. The minimum Gasteiger partial charge on any atom is -0.346 e. The number of carbonyl (C=O) groups is 1. The Morgan fingerprint density at radius 2 is 1.59 bits per heavy atom. The van der Waals surface area contributed by atoms with E-state index in [9.17, 15) is 14.4 Å². The first-order valence-corrected chi connectivity index (χ1v) is 10.2. The number of carbonyl (C=O) groups excluding carboxylic acids is 1. The lowest BCUT2D eigenvalue weighted by molar-refractivity contribution is 0.0943. The molecular formula is C25H22N4O3. The van der Waals surface area contributed by atoms with Gasteiger partial charge in [0.05, 0.1) is 12.2 Å². The fourth-order valence-electron chi connectivity index (χ4n) is 3.35. The van der Waals surface area contributed by atoms with Crippen molar-refractivity contribution in [1.82, 2.24) is 19.7 Å². The third-order valence-corrected chi connectivity index (χ3v) is 5.05. The Labute approximate surface area is 184 Å². The fraction of sp³-hybridized carbons (Fsp3) is 0.120. The molecule has 0 unspecified atom stereocenters. The molecule has 0 aliphatic rings. The topological polar surface area (TPSA) is 86.0 Å². The molecule has 4 rings (SSSR count). The number of rotatable bonds is 6. The van der Waals surface area contributed by atoms with Gasteiger partial charge in [0.2, 0.25) is 5.43 Å². The molecule has 0 radical (unpaired) electrons. The molecule has 7 heteroatoms. The van der Waals surface area contributed by atoms with Crippen LogP contribution in [-0.2, 0) is 13.1 Å². The third kappa shape index (κ3) is 4.73. The van der Waals surface area contributed by atoms with Crippen molar-refractivity contribution in [3.05, 3.63) is 128 Å². The Bertz CT molecular complexity index is 1360. The molecule has 0 aliphatic carbocycles. The molecule has 1 N–H and O–H groups in total. The molecule has 0 saturated carbocycles. The van der Waals surface area contributed by atoms with Crippen molar-refractivity contribution in [3.8, 4) is 5.69 Å². The van der Waals surface area contributed by atoms with Gasteiger partial charge in [0, 0.05) is 30.6 Å². The molecule has 0 aliphatic heterocycles. The lowest BCUT2D eigenvalue weighted by Gasteiger charge is -2.11. The molecule has 0 fully saturated rings. The van der Waals surface area contributed by atoms with E-state index in [0.717, 1.165) is 16.8 Å². The summed E-state index contributed by atoms with van der Waals surface area (Å²) in [4.78, 5) is 36.9. The summed E-state index contributed by atoms with van der Waals surface area (Å²) in [6.07, 6.45) is 1.74. The van der Waals surface area contributed by atoms with E-state index < -0.39 is 11.3 Å². The van der Waals surface area contributed by atoms with Crippen LogP contribution in [0.4, 0.5) is 0 Å². The smallest absolute Gasteiger partial charge is 0.276 e. The minimum absolute atomic E-state index is 0.0596. The number of hydrogen-bond acceptors (Lipinski definition) is 4. The SMILES string of the molecule is Cc1cc(=O)c(C(=O)NCc2ccc(Cn3ccccc3=O)cc2)nn1-c1ccccc1. The average Bonchev–Trinajstić information content (AvgIpc) is 2.80. The first-order chi connectivity index (χ1) is 15.5. The average molecular weight is 426 g/mol. The van der Waals surface area contributed by atoms with Gasteiger partial charge in [-0.05, 0) is 36.2 Å². The van der Waals surface area contributed by atoms with Gasteiger partial charge in [-0.3, -0.25) is 14.4 Å². The second-order valence-corrected chi connectivity index (χ2v) is 7.41. The van der Waals surface area contributed by atoms with Gasteiger partial charge in [-0.2, -0.15) is 5.10 Å². The van der Waals surface area contributed by atoms with Crippen molar-refractivity contribution < 1.29 is 4.79 Å². The molecule has 2 aromatic heterocycles. The van der Waals surface area contributed by atoms with Gasteiger partial charge < -0.3 is 9.88 Å². The van der Waals surface area contributed by atoms with Crippen molar-refractivity contribution in [2.45, 2.75) is 20.0 Å². The highest BCUT2D eigenvalue weighted by Gasteiger charge is 2.15. The first-order valence-electron chi connectivity index (χ1n) is 10.2. The third-order valence-electron chi connectivity index (χ3n) is 5.05. The Kier molecular flexibility index (Phi) is 6.07. The summed E-state index contributed by atoms with van der Waals surface area (Å²) < 4.78 is 3.20. The highest BCUT2D eigenvalue weighted by molar-refractivity contribution is 5.92. The van der Waals surface area contributed by atoms with Crippen molar-refractivity contribution >= 4 is 5.91 Å². The maximum Gasteiger partial charge on any atom is 0.276 e. The van der Waals surface area contributed by atoms with Gasteiger partial charge in [-0.1, -0.05) is 48.5 Å². The summed E-state index contributed by atoms with van der Waals surface area (Å²) in [6, 6.07) is 23.4. The zero-order valence-electron chi connectivity index (χ0n) is 17.6. The van der Waals surface area contributed by atoms with Crippen LogP contribution in [0.2, 0.25) is 0 Å². The van der Waals surface area contributed by atoms with Gasteiger partial charge in [-0.15, -0.1) is 0 Å². The van der Waals surface area contributed by atoms with Crippen molar-refractivity contribution in [2.24, 2.45) is 0 Å². The molecule has 2 aromatic carbocycles. The van der Waals surface area contributed by atoms with Crippen LogP contribution in [0.1, 0.15) is 27.3 Å². The highest BCUT2D eigenvalue weighted by atomic mass is 16.2. The van der Waals surface area contributed by atoms with Gasteiger partial charge in [-0.25, -0.2) is 4.68 Å². The van der Waals surface area contributed by atoms with Crippen molar-refractivity contribution in [2.75, 3.05) is 0 Å². The molecule has 7 nitrogen and oxygen atoms in total. The number of aromatic nitrogens is 3. The maximum atomic E-state index is 12.7. The minimum atomic E-state index is -0.528. The standard InChI is InChI=1S/C25H22N4O3/c1-18-15-22(30)24(27-29(18)21-7-3-2-4-8-21)25(32)26-16-19-10-12-20(13-11-19)17-28-14-6-5-9-23(28)31/h2-15H,16-17H2,1H3,(H,26,32). The molecule has 0 saturated heterocycles. The van der Waals surface area contributed by atoms with Crippen LogP contribution < -0.4 is 16.3 Å². The summed E-state index contributed by atoms with van der Waals surface area (Å²) in [7, 11) is 0. The molecule has 0 atom stereocenters.